The van der Waals surface area contributed by atoms with E-state index in [4.69, 9.17) is 0 Å². The number of nitro benzene ring substituents is 1. The molecule has 0 aliphatic carbocycles. The van der Waals surface area contributed by atoms with Crippen molar-refractivity contribution in [2.45, 2.75) is 13.0 Å². The van der Waals surface area contributed by atoms with Gasteiger partial charge in [0.15, 0.2) is 0 Å². The highest BCUT2D eigenvalue weighted by Crippen LogP contribution is 2.25. The van der Waals surface area contributed by atoms with Gasteiger partial charge in [-0.2, -0.15) is 0 Å². The molecule has 0 radical (unpaired) electrons. The Balaban J connectivity index is 1.62. The molecule has 0 spiro atoms. The molecule has 0 aromatic heterocycles. The van der Waals surface area contributed by atoms with Crippen molar-refractivity contribution in [1.29, 1.82) is 0 Å². The number of benzene rings is 2. The van der Waals surface area contributed by atoms with Crippen molar-refractivity contribution >= 4 is 11.6 Å². The maximum absolute atomic E-state index is 13.0. The molecule has 2 aromatic carbocycles. The predicted octanol–water partition coefficient (Wildman–Crippen LogP) is 3.25. The molecule has 1 heterocycles. The molecule has 1 fully saturated rings. The van der Waals surface area contributed by atoms with Gasteiger partial charge in [-0.15, -0.1) is 0 Å². The number of halogens is 1. The lowest BCUT2D eigenvalue weighted by Gasteiger charge is -2.38. The normalized spacial score (nSPS) is 16.3. The van der Waals surface area contributed by atoms with Crippen molar-refractivity contribution in [1.82, 2.24) is 9.80 Å². The van der Waals surface area contributed by atoms with E-state index in [9.17, 15) is 19.3 Å². The van der Waals surface area contributed by atoms with Crippen molar-refractivity contribution in [3.05, 3.63) is 75.6 Å². The third-order valence-electron chi connectivity index (χ3n) is 4.80. The summed E-state index contributed by atoms with van der Waals surface area (Å²) in [5.74, 6) is -0.468. The van der Waals surface area contributed by atoms with Gasteiger partial charge in [0.2, 0.25) is 0 Å². The number of hydrogen-bond acceptors (Lipinski definition) is 4. The number of carbonyl (C=O) groups excluding carboxylic acids is 1. The topological polar surface area (TPSA) is 66.7 Å². The summed E-state index contributed by atoms with van der Waals surface area (Å²) in [5.41, 5.74) is 1.45. The average Bonchev–Trinajstić information content (AvgIpc) is 2.67. The first-order valence-electron chi connectivity index (χ1n) is 8.49. The molecule has 1 atom stereocenters. The molecule has 6 nitrogen and oxygen atoms in total. The minimum Gasteiger partial charge on any atom is -0.336 e. The molecule has 1 aliphatic heterocycles. The van der Waals surface area contributed by atoms with Gasteiger partial charge in [-0.05, 0) is 36.8 Å². The first-order valence-corrected chi connectivity index (χ1v) is 8.49. The third kappa shape index (κ3) is 3.88. The summed E-state index contributed by atoms with van der Waals surface area (Å²) in [4.78, 5) is 27.0. The molecule has 1 aliphatic rings. The van der Waals surface area contributed by atoms with Gasteiger partial charge in [-0.3, -0.25) is 19.8 Å². The Labute approximate surface area is 151 Å². The van der Waals surface area contributed by atoms with Gasteiger partial charge >= 0.3 is 0 Å². The molecule has 7 heteroatoms. The van der Waals surface area contributed by atoms with Crippen LogP contribution in [0.5, 0.6) is 0 Å². The highest BCUT2D eigenvalue weighted by atomic mass is 19.1. The Morgan fingerprint density at radius 2 is 1.77 bits per heavy atom. The summed E-state index contributed by atoms with van der Waals surface area (Å²) in [6.07, 6.45) is 0. The van der Waals surface area contributed by atoms with Crippen LogP contribution >= 0.6 is 0 Å². The summed E-state index contributed by atoms with van der Waals surface area (Å²) in [6, 6.07) is 12.2. The van der Waals surface area contributed by atoms with E-state index in [2.05, 4.69) is 4.90 Å². The highest BCUT2D eigenvalue weighted by molar-refractivity contribution is 5.94. The van der Waals surface area contributed by atoms with Crippen LogP contribution < -0.4 is 0 Å². The molecule has 1 amide bonds. The molecule has 0 saturated carbocycles. The zero-order chi connectivity index (χ0) is 18.7. The van der Waals surface area contributed by atoms with Gasteiger partial charge in [0, 0.05) is 49.9 Å². The van der Waals surface area contributed by atoms with Crippen molar-refractivity contribution in [3.8, 4) is 0 Å². The summed E-state index contributed by atoms with van der Waals surface area (Å²) in [5, 5.41) is 11.0. The van der Waals surface area contributed by atoms with Crippen molar-refractivity contribution < 1.29 is 14.1 Å². The van der Waals surface area contributed by atoms with Gasteiger partial charge in [0.1, 0.15) is 5.82 Å². The van der Waals surface area contributed by atoms with Crippen molar-refractivity contribution in [3.63, 3.8) is 0 Å². The molecule has 1 saturated heterocycles. The number of nitrogens with zero attached hydrogens (tertiary/aromatic N) is 3. The van der Waals surface area contributed by atoms with Crippen molar-refractivity contribution in [2.75, 3.05) is 26.2 Å². The highest BCUT2D eigenvalue weighted by Gasteiger charge is 2.26. The molecule has 2 aromatic rings. The SMILES string of the molecule is CC(c1cccc([N+](=O)[O-])c1)N1CCN(C(=O)c2ccc(F)cc2)CC1. The van der Waals surface area contributed by atoms with E-state index in [0.717, 1.165) is 5.56 Å². The van der Waals surface area contributed by atoms with E-state index >= 15 is 0 Å². The fraction of sp³-hybridized carbons (Fsp3) is 0.316. The molecule has 0 bridgehead atoms. The number of nitro groups is 1. The second kappa shape index (κ2) is 7.61. The van der Waals surface area contributed by atoms with E-state index in [0.29, 0.717) is 31.7 Å². The van der Waals surface area contributed by atoms with Gasteiger partial charge in [-0.25, -0.2) is 4.39 Å². The Morgan fingerprint density at radius 1 is 1.12 bits per heavy atom. The zero-order valence-corrected chi connectivity index (χ0v) is 14.5. The van der Waals surface area contributed by atoms with Crippen LogP contribution in [0.3, 0.4) is 0 Å². The Morgan fingerprint density at radius 3 is 2.38 bits per heavy atom. The number of amides is 1. The van der Waals surface area contributed by atoms with Crippen LogP contribution in [0, 0.1) is 15.9 Å². The summed E-state index contributed by atoms with van der Waals surface area (Å²) in [7, 11) is 0. The van der Waals surface area contributed by atoms with Gasteiger partial charge < -0.3 is 4.90 Å². The summed E-state index contributed by atoms with van der Waals surface area (Å²) in [6.45, 7) is 4.50. The minimum absolute atomic E-state index is 0.0259. The van der Waals surface area contributed by atoms with Gasteiger partial charge in [-0.1, -0.05) is 12.1 Å². The summed E-state index contributed by atoms with van der Waals surface area (Å²) >= 11 is 0. The van der Waals surface area contributed by atoms with E-state index in [1.807, 2.05) is 13.0 Å². The number of rotatable bonds is 4. The first-order chi connectivity index (χ1) is 12.5. The number of hydrogen-bond donors (Lipinski definition) is 0. The van der Waals surface area contributed by atoms with E-state index in [1.165, 1.54) is 30.3 Å². The lowest BCUT2D eigenvalue weighted by atomic mass is 10.1. The molecule has 1 unspecified atom stereocenters. The molecular weight excluding hydrogens is 337 g/mol. The largest absolute Gasteiger partial charge is 0.336 e. The second-order valence-electron chi connectivity index (χ2n) is 6.36. The minimum atomic E-state index is -0.393. The summed E-state index contributed by atoms with van der Waals surface area (Å²) < 4.78 is 13.0. The second-order valence-corrected chi connectivity index (χ2v) is 6.36. The van der Waals surface area contributed by atoms with Crippen LogP contribution in [-0.2, 0) is 0 Å². The predicted molar refractivity (Wildman–Crippen MR) is 95.4 cm³/mol. The van der Waals surface area contributed by atoms with Crippen LogP contribution in [0.2, 0.25) is 0 Å². The maximum Gasteiger partial charge on any atom is 0.269 e. The van der Waals surface area contributed by atoms with Crippen LogP contribution in [0.4, 0.5) is 10.1 Å². The number of piperazine rings is 1. The zero-order valence-electron chi connectivity index (χ0n) is 14.5. The van der Waals surface area contributed by atoms with Crippen LogP contribution in [-0.4, -0.2) is 46.8 Å². The molecule has 3 rings (SSSR count). The smallest absolute Gasteiger partial charge is 0.269 e. The lowest BCUT2D eigenvalue weighted by Crippen LogP contribution is -2.49. The molecular formula is C19H20FN3O3. The quantitative estimate of drug-likeness (QED) is 0.622. The Bertz CT molecular complexity index is 802. The molecule has 136 valence electrons. The standard InChI is InChI=1S/C19H20FN3O3/c1-14(16-3-2-4-18(13-16)23(25)26)21-9-11-22(12-10-21)19(24)15-5-7-17(20)8-6-15/h2-8,13-14H,9-12H2,1H3. The van der Waals surface area contributed by atoms with E-state index in [1.54, 1.807) is 17.0 Å². The van der Waals surface area contributed by atoms with Crippen LogP contribution in [0.15, 0.2) is 48.5 Å². The number of non-ortho nitro benzene ring substituents is 1. The van der Waals surface area contributed by atoms with Gasteiger partial charge in [0.05, 0.1) is 4.92 Å². The van der Waals surface area contributed by atoms with E-state index < -0.39 is 4.92 Å². The van der Waals surface area contributed by atoms with Gasteiger partial charge in [0.25, 0.3) is 11.6 Å². The first kappa shape index (κ1) is 18.0. The maximum atomic E-state index is 13.0. The average molecular weight is 357 g/mol. The Hall–Kier alpha value is -2.80. The lowest BCUT2D eigenvalue weighted by molar-refractivity contribution is -0.385. The van der Waals surface area contributed by atoms with Crippen LogP contribution in [0.25, 0.3) is 0 Å². The fourth-order valence-corrected chi connectivity index (χ4v) is 3.20. The fourth-order valence-electron chi connectivity index (χ4n) is 3.20. The Kier molecular flexibility index (Phi) is 5.27. The monoisotopic (exact) mass is 357 g/mol. The van der Waals surface area contributed by atoms with Crippen molar-refractivity contribution in [2.24, 2.45) is 0 Å². The third-order valence-corrected chi connectivity index (χ3v) is 4.80. The molecule has 0 N–H and O–H groups in total. The molecule has 26 heavy (non-hydrogen) atoms. The number of carbonyl (C=O) groups is 1. The van der Waals surface area contributed by atoms with Crippen LogP contribution in [0.1, 0.15) is 28.9 Å². The van der Waals surface area contributed by atoms with E-state index in [-0.39, 0.29) is 23.5 Å².